The first-order chi connectivity index (χ1) is 10.2. The second-order valence-electron chi connectivity index (χ2n) is 5.47. The van der Waals surface area contributed by atoms with Crippen molar-refractivity contribution in [3.8, 4) is 5.75 Å². The summed E-state index contributed by atoms with van der Waals surface area (Å²) in [6.07, 6.45) is 11.1. The first-order valence-electron chi connectivity index (χ1n) is 7.62. The lowest BCUT2D eigenvalue weighted by atomic mass is 9.88. The number of benzene rings is 1. The molecule has 3 nitrogen and oxygen atoms in total. The Morgan fingerprint density at radius 2 is 1.90 bits per heavy atom. The second kappa shape index (κ2) is 7.67. The van der Waals surface area contributed by atoms with E-state index in [1.54, 1.807) is 24.5 Å². The Morgan fingerprint density at radius 3 is 2.52 bits per heavy atom. The molecule has 1 amide bonds. The lowest BCUT2D eigenvalue weighted by Crippen LogP contribution is -2.26. The number of allylic oxidation sites excluding steroid dienone is 2. The lowest BCUT2D eigenvalue weighted by molar-refractivity contribution is 0.181. The third kappa shape index (κ3) is 4.48. The van der Waals surface area contributed by atoms with Crippen LogP contribution in [0, 0.1) is 11.8 Å². The highest BCUT2D eigenvalue weighted by atomic mass is 16.6. The van der Waals surface area contributed by atoms with Gasteiger partial charge in [-0.1, -0.05) is 57.0 Å². The number of amides is 1. The standard InChI is InChI=1S/C18H23NO2/c1-3-4-8-15(2)16-11-13-19(14-12-16)18(20)21-17-9-6-5-7-10-17/h5-7,9-16H,3-4,8H2,1-2H3. The molecule has 2 rings (SSSR count). The fraction of sp³-hybridized carbons (Fsp3) is 0.389. The average molecular weight is 285 g/mol. The van der Waals surface area contributed by atoms with Crippen LogP contribution in [0.15, 0.2) is 54.9 Å². The molecule has 1 aromatic carbocycles. The summed E-state index contributed by atoms with van der Waals surface area (Å²) in [5, 5.41) is 0. The maximum absolute atomic E-state index is 12.0. The Bertz CT molecular complexity index is 493. The van der Waals surface area contributed by atoms with Crippen molar-refractivity contribution in [2.24, 2.45) is 11.8 Å². The molecule has 21 heavy (non-hydrogen) atoms. The molecule has 0 aromatic heterocycles. The predicted octanol–water partition coefficient (Wildman–Crippen LogP) is 4.97. The van der Waals surface area contributed by atoms with Gasteiger partial charge in [0.2, 0.25) is 0 Å². The largest absolute Gasteiger partial charge is 0.423 e. The molecule has 112 valence electrons. The van der Waals surface area contributed by atoms with E-state index in [4.69, 9.17) is 4.74 Å². The Kier molecular flexibility index (Phi) is 5.61. The third-order valence-electron chi connectivity index (χ3n) is 3.77. The molecule has 1 aliphatic rings. The van der Waals surface area contributed by atoms with Gasteiger partial charge in [0.05, 0.1) is 0 Å². The first-order valence-corrected chi connectivity index (χ1v) is 7.62. The second-order valence-corrected chi connectivity index (χ2v) is 5.47. The van der Waals surface area contributed by atoms with Gasteiger partial charge in [-0.3, -0.25) is 4.90 Å². The van der Waals surface area contributed by atoms with E-state index in [0.29, 0.717) is 17.6 Å². The zero-order valence-electron chi connectivity index (χ0n) is 12.7. The number of para-hydroxylation sites is 1. The van der Waals surface area contributed by atoms with E-state index in [9.17, 15) is 4.79 Å². The summed E-state index contributed by atoms with van der Waals surface area (Å²) in [5.41, 5.74) is 0. The van der Waals surface area contributed by atoms with Gasteiger partial charge in [-0.05, 0) is 24.5 Å². The van der Waals surface area contributed by atoms with Crippen molar-refractivity contribution < 1.29 is 9.53 Å². The van der Waals surface area contributed by atoms with E-state index < -0.39 is 0 Å². The van der Waals surface area contributed by atoms with E-state index >= 15 is 0 Å². The number of ether oxygens (including phenoxy) is 1. The van der Waals surface area contributed by atoms with Gasteiger partial charge in [0.25, 0.3) is 0 Å². The van der Waals surface area contributed by atoms with Crippen LogP contribution in [0.1, 0.15) is 33.1 Å². The van der Waals surface area contributed by atoms with Crippen LogP contribution in [0.3, 0.4) is 0 Å². The number of hydrogen-bond donors (Lipinski definition) is 0. The van der Waals surface area contributed by atoms with Gasteiger partial charge in [-0.25, -0.2) is 4.79 Å². The summed E-state index contributed by atoms with van der Waals surface area (Å²) in [7, 11) is 0. The van der Waals surface area contributed by atoms with Crippen molar-refractivity contribution in [3.63, 3.8) is 0 Å². The Labute approximate surface area is 126 Å². The molecule has 1 aliphatic heterocycles. The van der Waals surface area contributed by atoms with E-state index in [1.165, 1.54) is 24.2 Å². The number of unbranched alkanes of at least 4 members (excludes halogenated alkanes) is 1. The minimum absolute atomic E-state index is 0.381. The quantitative estimate of drug-likeness (QED) is 0.764. The Balaban J connectivity index is 1.87. The van der Waals surface area contributed by atoms with Gasteiger partial charge in [0.1, 0.15) is 5.75 Å². The van der Waals surface area contributed by atoms with Crippen molar-refractivity contribution in [1.29, 1.82) is 0 Å². The van der Waals surface area contributed by atoms with Gasteiger partial charge in [0, 0.05) is 18.3 Å². The number of carbonyl (C=O) groups is 1. The van der Waals surface area contributed by atoms with E-state index in [1.807, 2.05) is 18.2 Å². The topological polar surface area (TPSA) is 29.5 Å². The summed E-state index contributed by atoms with van der Waals surface area (Å²) in [4.78, 5) is 13.5. The molecule has 0 aliphatic carbocycles. The molecule has 1 heterocycles. The SMILES string of the molecule is CCCCC(C)C1C=CN(C(=O)Oc2ccccc2)C=C1. The smallest absolute Gasteiger partial charge is 0.410 e. The summed E-state index contributed by atoms with van der Waals surface area (Å²) in [6, 6.07) is 9.11. The zero-order valence-corrected chi connectivity index (χ0v) is 12.7. The van der Waals surface area contributed by atoms with Gasteiger partial charge in [0.15, 0.2) is 0 Å². The van der Waals surface area contributed by atoms with Crippen LogP contribution >= 0.6 is 0 Å². The molecular formula is C18H23NO2. The number of hydrogen-bond acceptors (Lipinski definition) is 2. The highest BCUT2D eigenvalue weighted by molar-refractivity contribution is 5.73. The predicted molar refractivity (Wildman–Crippen MR) is 84.8 cm³/mol. The molecule has 0 bridgehead atoms. The molecule has 0 N–H and O–H groups in total. The van der Waals surface area contributed by atoms with Crippen molar-refractivity contribution in [3.05, 3.63) is 54.9 Å². The molecule has 0 radical (unpaired) electrons. The summed E-state index contributed by atoms with van der Waals surface area (Å²) < 4.78 is 5.30. The molecule has 0 fully saturated rings. The molecule has 0 spiro atoms. The zero-order chi connectivity index (χ0) is 15.1. The fourth-order valence-electron chi connectivity index (χ4n) is 2.36. The molecule has 3 heteroatoms. The van der Waals surface area contributed by atoms with E-state index in [0.717, 1.165) is 0 Å². The number of carbonyl (C=O) groups excluding carboxylic acids is 1. The van der Waals surface area contributed by atoms with Crippen LogP contribution in [0.2, 0.25) is 0 Å². The van der Waals surface area contributed by atoms with Crippen LogP contribution in [0.4, 0.5) is 4.79 Å². The first kappa shape index (κ1) is 15.4. The number of rotatable bonds is 5. The molecule has 1 aromatic rings. The molecule has 1 atom stereocenters. The Hall–Kier alpha value is -2.03. The molecule has 1 unspecified atom stereocenters. The van der Waals surface area contributed by atoms with Gasteiger partial charge in [-0.2, -0.15) is 0 Å². The van der Waals surface area contributed by atoms with E-state index in [-0.39, 0.29) is 6.09 Å². The van der Waals surface area contributed by atoms with Crippen LogP contribution in [-0.2, 0) is 0 Å². The monoisotopic (exact) mass is 285 g/mol. The minimum atomic E-state index is -0.381. The van der Waals surface area contributed by atoms with Crippen molar-refractivity contribution in [2.75, 3.05) is 0 Å². The van der Waals surface area contributed by atoms with Crippen molar-refractivity contribution in [2.45, 2.75) is 33.1 Å². The maximum atomic E-state index is 12.0. The number of nitrogens with zero attached hydrogens (tertiary/aromatic N) is 1. The Morgan fingerprint density at radius 1 is 1.24 bits per heavy atom. The van der Waals surface area contributed by atoms with Gasteiger partial charge < -0.3 is 4.74 Å². The van der Waals surface area contributed by atoms with Crippen molar-refractivity contribution >= 4 is 6.09 Å². The highest BCUT2D eigenvalue weighted by Gasteiger charge is 2.18. The molecular weight excluding hydrogens is 262 g/mol. The summed E-state index contributed by atoms with van der Waals surface area (Å²) in [6.45, 7) is 4.47. The van der Waals surface area contributed by atoms with E-state index in [2.05, 4.69) is 26.0 Å². The third-order valence-corrected chi connectivity index (χ3v) is 3.77. The molecule has 0 saturated heterocycles. The summed E-state index contributed by atoms with van der Waals surface area (Å²) >= 11 is 0. The van der Waals surface area contributed by atoms with Gasteiger partial charge >= 0.3 is 6.09 Å². The normalized spacial score (nSPS) is 16.0. The van der Waals surface area contributed by atoms with Crippen LogP contribution in [-0.4, -0.2) is 11.0 Å². The maximum Gasteiger partial charge on any atom is 0.423 e. The fourth-order valence-corrected chi connectivity index (χ4v) is 2.36. The molecule has 0 saturated carbocycles. The lowest BCUT2D eigenvalue weighted by Gasteiger charge is -2.23. The van der Waals surface area contributed by atoms with Crippen LogP contribution < -0.4 is 4.74 Å². The van der Waals surface area contributed by atoms with Crippen molar-refractivity contribution in [1.82, 2.24) is 4.90 Å². The average Bonchev–Trinajstić information content (AvgIpc) is 2.53. The summed E-state index contributed by atoms with van der Waals surface area (Å²) in [5.74, 6) is 1.56. The van der Waals surface area contributed by atoms with Crippen LogP contribution in [0.5, 0.6) is 5.75 Å². The van der Waals surface area contributed by atoms with Gasteiger partial charge in [-0.15, -0.1) is 0 Å². The highest BCUT2D eigenvalue weighted by Crippen LogP contribution is 2.24. The van der Waals surface area contributed by atoms with Crippen LogP contribution in [0.25, 0.3) is 0 Å². The minimum Gasteiger partial charge on any atom is -0.410 e.